The van der Waals surface area contributed by atoms with Gasteiger partial charge in [-0.05, 0) is 5.92 Å². The molecule has 74 valence electrons. The van der Waals surface area contributed by atoms with Gasteiger partial charge in [0.1, 0.15) is 0 Å². The Hall–Kier alpha value is -0.870. The van der Waals surface area contributed by atoms with Crippen LogP contribution in [0.3, 0.4) is 0 Å². The van der Waals surface area contributed by atoms with E-state index in [1.54, 1.807) is 6.33 Å². The summed E-state index contributed by atoms with van der Waals surface area (Å²) < 4.78 is 2.02. The van der Waals surface area contributed by atoms with Gasteiger partial charge in [-0.2, -0.15) is 0 Å². The maximum absolute atomic E-state index is 6.01. The van der Waals surface area contributed by atoms with Crippen molar-refractivity contribution in [2.45, 2.75) is 26.4 Å². The molecule has 1 unspecified atom stereocenters. The zero-order valence-electron chi connectivity index (χ0n) is 8.27. The van der Waals surface area contributed by atoms with Gasteiger partial charge in [0, 0.05) is 25.3 Å². The summed E-state index contributed by atoms with van der Waals surface area (Å²) in [5.74, 6) is 0.424. The van der Waals surface area contributed by atoms with E-state index < -0.39 is 0 Å². The van der Waals surface area contributed by atoms with E-state index in [4.69, 9.17) is 11.5 Å². The van der Waals surface area contributed by atoms with Gasteiger partial charge >= 0.3 is 0 Å². The fourth-order valence-corrected chi connectivity index (χ4v) is 1.28. The van der Waals surface area contributed by atoms with Gasteiger partial charge in [0.05, 0.1) is 12.0 Å². The highest BCUT2D eigenvalue weighted by molar-refractivity contribution is 5.05. The third-order valence-electron chi connectivity index (χ3n) is 2.17. The number of imidazole rings is 1. The van der Waals surface area contributed by atoms with E-state index in [-0.39, 0.29) is 6.04 Å². The Morgan fingerprint density at radius 3 is 2.77 bits per heavy atom. The lowest BCUT2D eigenvalue weighted by atomic mass is 10.0. The summed E-state index contributed by atoms with van der Waals surface area (Å²) in [6.07, 6.45) is 3.60. The molecule has 0 aliphatic heterocycles. The highest BCUT2D eigenvalue weighted by Gasteiger charge is 2.14. The van der Waals surface area contributed by atoms with Gasteiger partial charge < -0.3 is 16.0 Å². The molecule has 1 heterocycles. The summed E-state index contributed by atoms with van der Waals surface area (Å²) in [6.45, 7) is 5.61. The highest BCUT2D eigenvalue weighted by atomic mass is 15.1. The lowest BCUT2D eigenvalue weighted by Crippen LogP contribution is -2.22. The lowest BCUT2D eigenvalue weighted by molar-refractivity contribution is 0.479. The molecule has 0 amide bonds. The summed E-state index contributed by atoms with van der Waals surface area (Å²) in [5.41, 5.74) is 12.6. The maximum Gasteiger partial charge on any atom is 0.0949 e. The van der Waals surface area contributed by atoms with Crippen LogP contribution in [0.2, 0.25) is 0 Å². The minimum atomic E-state index is 0.0500. The molecule has 1 aromatic heterocycles. The van der Waals surface area contributed by atoms with Crippen molar-refractivity contribution in [3.05, 3.63) is 18.2 Å². The van der Waals surface area contributed by atoms with Gasteiger partial charge in [0.15, 0.2) is 0 Å². The molecule has 13 heavy (non-hydrogen) atoms. The fraction of sp³-hybridized carbons (Fsp3) is 0.667. The molecule has 1 aromatic rings. The van der Waals surface area contributed by atoms with Crippen LogP contribution in [0.25, 0.3) is 0 Å². The van der Waals surface area contributed by atoms with Crippen molar-refractivity contribution in [1.29, 1.82) is 0 Å². The number of hydrogen-bond donors (Lipinski definition) is 2. The Kier molecular flexibility index (Phi) is 3.45. The van der Waals surface area contributed by atoms with E-state index in [2.05, 4.69) is 18.8 Å². The van der Waals surface area contributed by atoms with Crippen LogP contribution < -0.4 is 11.5 Å². The maximum atomic E-state index is 6.01. The van der Waals surface area contributed by atoms with Crippen LogP contribution in [-0.2, 0) is 6.54 Å². The van der Waals surface area contributed by atoms with Crippen LogP contribution in [0, 0.1) is 5.92 Å². The van der Waals surface area contributed by atoms with Gasteiger partial charge in [0.25, 0.3) is 0 Å². The Bertz CT molecular complexity index is 254. The van der Waals surface area contributed by atoms with Gasteiger partial charge in [-0.3, -0.25) is 0 Å². The Labute approximate surface area is 78.9 Å². The molecule has 4 N–H and O–H groups in total. The van der Waals surface area contributed by atoms with Gasteiger partial charge in [-0.15, -0.1) is 0 Å². The molecule has 0 saturated carbocycles. The average molecular weight is 182 g/mol. The topological polar surface area (TPSA) is 69.9 Å². The van der Waals surface area contributed by atoms with Gasteiger partial charge in [-0.1, -0.05) is 13.8 Å². The first-order chi connectivity index (χ1) is 6.16. The predicted molar refractivity (Wildman–Crippen MR) is 53.0 cm³/mol. The van der Waals surface area contributed by atoms with E-state index in [9.17, 15) is 0 Å². The van der Waals surface area contributed by atoms with E-state index in [0.29, 0.717) is 12.5 Å². The summed E-state index contributed by atoms with van der Waals surface area (Å²) in [6, 6.07) is 0.0500. The van der Waals surface area contributed by atoms with Crippen molar-refractivity contribution >= 4 is 0 Å². The van der Waals surface area contributed by atoms with Crippen molar-refractivity contribution in [2.75, 3.05) is 6.54 Å². The fourth-order valence-electron chi connectivity index (χ4n) is 1.28. The van der Waals surface area contributed by atoms with Crippen molar-refractivity contribution < 1.29 is 0 Å². The zero-order valence-corrected chi connectivity index (χ0v) is 8.27. The van der Waals surface area contributed by atoms with Crippen LogP contribution in [0.15, 0.2) is 12.5 Å². The summed E-state index contributed by atoms with van der Waals surface area (Å²) in [7, 11) is 0. The molecular formula is C9H18N4. The molecule has 0 saturated heterocycles. The highest BCUT2D eigenvalue weighted by Crippen LogP contribution is 2.17. The lowest BCUT2D eigenvalue weighted by Gasteiger charge is -2.17. The van der Waals surface area contributed by atoms with Gasteiger partial charge in [0.2, 0.25) is 0 Å². The smallest absolute Gasteiger partial charge is 0.0949 e. The van der Waals surface area contributed by atoms with Crippen molar-refractivity contribution in [2.24, 2.45) is 17.4 Å². The van der Waals surface area contributed by atoms with E-state index in [1.165, 1.54) is 0 Å². The quantitative estimate of drug-likeness (QED) is 0.712. The first-order valence-corrected chi connectivity index (χ1v) is 4.62. The summed E-state index contributed by atoms with van der Waals surface area (Å²) in [5, 5.41) is 0. The monoisotopic (exact) mass is 182 g/mol. The Balaban J connectivity index is 2.80. The second kappa shape index (κ2) is 4.39. The van der Waals surface area contributed by atoms with E-state index >= 15 is 0 Å². The van der Waals surface area contributed by atoms with Crippen LogP contribution in [-0.4, -0.2) is 16.1 Å². The molecule has 0 aliphatic carbocycles. The van der Waals surface area contributed by atoms with Crippen molar-refractivity contribution in [3.63, 3.8) is 0 Å². The molecule has 4 nitrogen and oxygen atoms in total. The van der Waals surface area contributed by atoms with Crippen molar-refractivity contribution in [3.8, 4) is 0 Å². The molecule has 0 bridgehead atoms. The Morgan fingerprint density at radius 2 is 2.23 bits per heavy atom. The second-order valence-electron chi connectivity index (χ2n) is 3.57. The minimum Gasteiger partial charge on any atom is -0.332 e. The van der Waals surface area contributed by atoms with Crippen molar-refractivity contribution in [1.82, 2.24) is 9.55 Å². The summed E-state index contributed by atoms with van der Waals surface area (Å²) >= 11 is 0. The molecule has 0 fully saturated rings. The number of aromatic nitrogens is 2. The molecule has 0 radical (unpaired) electrons. The molecule has 0 spiro atoms. The van der Waals surface area contributed by atoms with E-state index in [1.807, 2.05) is 10.8 Å². The number of nitrogens with two attached hydrogens (primary N) is 2. The normalized spacial score (nSPS) is 13.6. The second-order valence-corrected chi connectivity index (χ2v) is 3.57. The molecule has 4 heteroatoms. The largest absolute Gasteiger partial charge is 0.332 e. The number of hydrogen-bond acceptors (Lipinski definition) is 3. The molecule has 0 aromatic carbocycles. The third kappa shape index (κ3) is 2.29. The first-order valence-electron chi connectivity index (χ1n) is 4.62. The first kappa shape index (κ1) is 10.2. The SMILES string of the molecule is CC(C)C(N)c1cncn1CCN. The predicted octanol–water partition coefficient (Wildman–Crippen LogP) is 0.498. The van der Waals surface area contributed by atoms with Crippen LogP contribution in [0.4, 0.5) is 0 Å². The van der Waals surface area contributed by atoms with E-state index in [0.717, 1.165) is 12.2 Å². The van der Waals surface area contributed by atoms with Crippen LogP contribution >= 0.6 is 0 Å². The number of rotatable bonds is 4. The summed E-state index contributed by atoms with van der Waals surface area (Å²) in [4.78, 5) is 4.07. The zero-order chi connectivity index (χ0) is 9.84. The number of nitrogens with zero attached hydrogens (tertiary/aromatic N) is 2. The molecule has 1 rings (SSSR count). The average Bonchev–Trinajstić information content (AvgIpc) is 2.52. The third-order valence-corrected chi connectivity index (χ3v) is 2.17. The van der Waals surface area contributed by atoms with Gasteiger partial charge in [-0.25, -0.2) is 4.98 Å². The standard InChI is InChI=1S/C9H18N4/c1-7(2)9(11)8-5-12-6-13(8)4-3-10/h5-7,9H,3-4,10-11H2,1-2H3. The minimum absolute atomic E-state index is 0.0500. The Morgan fingerprint density at radius 1 is 1.54 bits per heavy atom. The van der Waals surface area contributed by atoms with Crippen LogP contribution in [0.5, 0.6) is 0 Å². The molecular weight excluding hydrogens is 164 g/mol. The molecule has 0 aliphatic rings. The van der Waals surface area contributed by atoms with Crippen LogP contribution in [0.1, 0.15) is 25.6 Å². The molecule has 1 atom stereocenters.